The van der Waals surface area contributed by atoms with E-state index in [4.69, 9.17) is 14.4 Å². The lowest BCUT2D eigenvalue weighted by Crippen LogP contribution is -2.39. The molecular formula is C31H39NO7S. The first-order chi connectivity index (χ1) is 19.0. The summed E-state index contributed by atoms with van der Waals surface area (Å²) in [5, 5.41) is 21.1. The van der Waals surface area contributed by atoms with Crippen molar-refractivity contribution in [2.24, 2.45) is 5.41 Å². The van der Waals surface area contributed by atoms with Gasteiger partial charge in [0.05, 0.1) is 16.9 Å². The Bertz CT molecular complexity index is 1300. The minimum atomic E-state index is -3.68. The molecule has 3 atom stereocenters. The molecule has 3 N–H and O–H groups in total. The summed E-state index contributed by atoms with van der Waals surface area (Å²) in [5.41, 5.74) is 1.40. The molecule has 0 bridgehead atoms. The van der Waals surface area contributed by atoms with Crippen LogP contribution in [-0.2, 0) is 23.9 Å². The van der Waals surface area contributed by atoms with Crippen molar-refractivity contribution >= 4 is 22.1 Å². The van der Waals surface area contributed by atoms with Gasteiger partial charge in [-0.15, -0.1) is 0 Å². The number of carbonyl (C=O) groups is 2. The highest BCUT2D eigenvalue weighted by Crippen LogP contribution is 2.32. The van der Waals surface area contributed by atoms with Gasteiger partial charge in [0.1, 0.15) is 0 Å². The van der Waals surface area contributed by atoms with Crippen LogP contribution in [0.15, 0.2) is 83.3 Å². The topological polar surface area (TPSA) is 130 Å². The Morgan fingerprint density at radius 1 is 1.07 bits per heavy atom. The number of carboxylic acids is 2. The van der Waals surface area contributed by atoms with E-state index < -0.39 is 27.5 Å². The Morgan fingerprint density at radius 3 is 2.38 bits per heavy atom. The minimum absolute atomic E-state index is 0.0359. The maximum atomic E-state index is 12.3. The van der Waals surface area contributed by atoms with Gasteiger partial charge in [0, 0.05) is 11.6 Å². The SMILES string of the molecule is C[C@]1(C(=O)O)C=CC=C(C(=O)O)C1.Cc1ccc(S(=O)(=O)OCCCC(c2ccccc2)C2CCCCN2)cc1. The monoisotopic (exact) mass is 569 g/mol. The maximum absolute atomic E-state index is 12.3. The Labute approximate surface area is 236 Å². The van der Waals surface area contributed by atoms with Crippen LogP contribution in [0.25, 0.3) is 0 Å². The van der Waals surface area contributed by atoms with Gasteiger partial charge in [-0.1, -0.05) is 72.7 Å². The van der Waals surface area contributed by atoms with Gasteiger partial charge < -0.3 is 15.5 Å². The van der Waals surface area contributed by atoms with E-state index in [2.05, 4.69) is 29.6 Å². The van der Waals surface area contributed by atoms with E-state index in [0.717, 1.165) is 18.5 Å². The smallest absolute Gasteiger partial charge is 0.331 e. The molecule has 2 aromatic rings. The van der Waals surface area contributed by atoms with Crippen molar-refractivity contribution in [3.63, 3.8) is 0 Å². The average Bonchev–Trinajstić information content (AvgIpc) is 2.94. The number of nitrogens with one attached hydrogen (secondary N) is 1. The van der Waals surface area contributed by atoms with Crippen LogP contribution in [0, 0.1) is 12.3 Å². The zero-order valence-electron chi connectivity index (χ0n) is 23.1. The molecule has 216 valence electrons. The third-order valence-corrected chi connectivity index (χ3v) is 8.68. The lowest BCUT2D eigenvalue weighted by molar-refractivity contribution is -0.145. The van der Waals surface area contributed by atoms with E-state index in [1.165, 1.54) is 50.0 Å². The van der Waals surface area contributed by atoms with Crippen molar-refractivity contribution in [2.75, 3.05) is 13.2 Å². The van der Waals surface area contributed by atoms with Crippen molar-refractivity contribution in [3.05, 3.63) is 89.5 Å². The van der Waals surface area contributed by atoms with Gasteiger partial charge >= 0.3 is 11.9 Å². The minimum Gasteiger partial charge on any atom is -0.481 e. The fourth-order valence-electron chi connectivity index (χ4n) is 4.95. The molecule has 1 saturated heterocycles. The van der Waals surface area contributed by atoms with Crippen LogP contribution >= 0.6 is 0 Å². The Balaban J connectivity index is 0.000000285. The highest BCUT2D eigenvalue weighted by Gasteiger charge is 2.34. The molecule has 2 unspecified atom stereocenters. The van der Waals surface area contributed by atoms with Crippen LogP contribution < -0.4 is 5.32 Å². The van der Waals surface area contributed by atoms with Crippen LogP contribution in [0.2, 0.25) is 0 Å². The molecule has 40 heavy (non-hydrogen) atoms. The predicted octanol–water partition coefficient (Wildman–Crippen LogP) is 5.45. The van der Waals surface area contributed by atoms with E-state index >= 15 is 0 Å². The molecule has 0 aromatic heterocycles. The molecule has 1 fully saturated rings. The van der Waals surface area contributed by atoms with E-state index in [-0.39, 0.29) is 23.5 Å². The van der Waals surface area contributed by atoms with Gasteiger partial charge in [0.25, 0.3) is 10.1 Å². The number of rotatable bonds is 10. The molecule has 0 saturated carbocycles. The number of piperidine rings is 1. The van der Waals surface area contributed by atoms with Gasteiger partial charge in [-0.2, -0.15) is 8.42 Å². The summed E-state index contributed by atoms with van der Waals surface area (Å²) in [6.45, 7) is 4.71. The molecule has 0 radical (unpaired) electrons. The Hall–Kier alpha value is -3.27. The van der Waals surface area contributed by atoms with E-state index in [9.17, 15) is 18.0 Å². The van der Waals surface area contributed by atoms with Crippen LogP contribution in [0.3, 0.4) is 0 Å². The first-order valence-electron chi connectivity index (χ1n) is 13.6. The van der Waals surface area contributed by atoms with Crippen molar-refractivity contribution in [2.45, 2.75) is 69.2 Å². The van der Waals surface area contributed by atoms with E-state index in [1.54, 1.807) is 24.3 Å². The van der Waals surface area contributed by atoms with Crippen molar-refractivity contribution in [3.8, 4) is 0 Å². The predicted molar refractivity (Wildman–Crippen MR) is 154 cm³/mol. The number of carboxylic acid groups (broad SMARTS) is 2. The number of allylic oxidation sites excluding steroid dienone is 2. The summed E-state index contributed by atoms with van der Waals surface area (Å²) in [4.78, 5) is 21.6. The van der Waals surface area contributed by atoms with Crippen LogP contribution in [0.1, 0.15) is 62.5 Å². The lowest BCUT2D eigenvalue weighted by Gasteiger charge is -2.32. The molecule has 9 heteroatoms. The van der Waals surface area contributed by atoms with Gasteiger partial charge in [-0.25, -0.2) is 4.79 Å². The first-order valence-corrected chi connectivity index (χ1v) is 15.0. The van der Waals surface area contributed by atoms with Crippen molar-refractivity contribution in [1.82, 2.24) is 5.32 Å². The molecule has 1 aliphatic carbocycles. The second-order valence-electron chi connectivity index (χ2n) is 10.6. The summed E-state index contributed by atoms with van der Waals surface area (Å²) < 4.78 is 29.9. The summed E-state index contributed by atoms with van der Waals surface area (Å²) >= 11 is 0. The van der Waals surface area contributed by atoms with Crippen molar-refractivity contribution < 1.29 is 32.4 Å². The summed E-state index contributed by atoms with van der Waals surface area (Å²) in [7, 11) is -3.68. The lowest BCUT2D eigenvalue weighted by atomic mass is 9.80. The van der Waals surface area contributed by atoms with Gasteiger partial charge in [-0.3, -0.25) is 8.98 Å². The molecule has 2 aliphatic rings. The standard InChI is InChI=1S/C22H29NO3S.C9H10O4/c1-18-12-14-20(15-13-18)27(24,25)26-17-7-10-21(19-8-3-2-4-9-19)22-11-5-6-16-23-22;1-9(8(12)13)4-2-3-6(5-9)7(10)11/h2-4,8-9,12-15,21-23H,5-7,10-11,16-17H2,1H3;2-4H,5H2,1H3,(H,10,11)(H,12,13)/t;9-/m.0/s1. The molecule has 1 aliphatic heterocycles. The number of benzene rings is 2. The van der Waals surface area contributed by atoms with Gasteiger partial charge in [0.15, 0.2) is 0 Å². The highest BCUT2D eigenvalue weighted by molar-refractivity contribution is 7.86. The number of hydrogen-bond acceptors (Lipinski definition) is 6. The quantitative estimate of drug-likeness (QED) is 0.254. The highest BCUT2D eigenvalue weighted by atomic mass is 32.2. The fraction of sp³-hybridized carbons (Fsp3) is 0.419. The van der Waals surface area contributed by atoms with Crippen LogP contribution in [0.4, 0.5) is 0 Å². The molecule has 1 heterocycles. The molecule has 2 aromatic carbocycles. The number of hydrogen-bond donors (Lipinski definition) is 3. The Kier molecular flexibility index (Phi) is 11.2. The summed E-state index contributed by atoms with van der Waals surface area (Å²) in [5.74, 6) is -1.68. The second kappa shape index (κ2) is 14.4. The third kappa shape index (κ3) is 8.87. The van der Waals surface area contributed by atoms with Crippen LogP contribution in [0.5, 0.6) is 0 Å². The largest absolute Gasteiger partial charge is 0.481 e. The third-order valence-electron chi connectivity index (χ3n) is 7.35. The first kappa shape index (κ1) is 31.3. The molecule has 4 rings (SSSR count). The fourth-order valence-corrected chi connectivity index (χ4v) is 5.89. The summed E-state index contributed by atoms with van der Waals surface area (Å²) in [6.07, 6.45) is 9.70. The molecular weight excluding hydrogens is 530 g/mol. The zero-order chi connectivity index (χ0) is 29.2. The molecule has 8 nitrogen and oxygen atoms in total. The zero-order valence-corrected chi connectivity index (χ0v) is 23.9. The van der Waals surface area contributed by atoms with Gasteiger partial charge in [0.2, 0.25) is 0 Å². The second-order valence-corrected chi connectivity index (χ2v) is 12.2. The van der Waals surface area contributed by atoms with Crippen molar-refractivity contribution in [1.29, 1.82) is 0 Å². The van der Waals surface area contributed by atoms with E-state index in [0.29, 0.717) is 18.4 Å². The molecule has 0 amide bonds. The number of aliphatic carboxylic acids is 2. The normalized spacial score (nSPS) is 21.4. The number of aryl methyl sites for hydroxylation is 1. The van der Waals surface area contributed by atoms with Gasteiger partial charge in [-0.05, 0) is 76.1 Å². The molecule has 0 spiro atoms. The Morgan fingerprint density at radius 2 is 1.77 bits per heavy atom. The average molecular weight is 570 g/mol. The van der Waals surface area contributed by atoms with Crippen LogP contribution in [-0.4, -0.2) is 49.8 Å². The summed E-state index contributed by atoms with van der Waals surface area (Å²) in [6, 6.07) is 17.8. The maximum Gasteiger partial charge on any atom is 0.331 e. The van der Waals surface area contributed by atoms with E-state index in [1.807, 2.05) is 13.0 Å².